The molecule has 0 aromatic heterocycles. The Labute approximate surface area is 173 Å². The van der Waals surface area contributed by atoms with Gasteiger partial charge in [0, 0.05) is 27.1 Å². The highest BCUT2D eigenvalue weighted by Gasteiger charge is 2.39. The molecule has 1 N–H and O–H groups in total. The number of likely N-dealkylation sites (tertiary alicyclic amines) is 1. The molecule has 0 radical (unpaired) electrons. The van der Waals surface area contributed by atoms with E-state index in [1.165, 1.54) is 12.1 Å². The monoisotopic (exact) mass is 424 g/mol. The van der Waals surface area contributed by atoms with Crippen LogP contribution in [0.4, 0.5) is 14.0 Å². The number of benzene rings is 1. The lowest BCUT2D eigenvalue weighted by atomic mass is 9.94. The van der Waals surface area contributed by atoms with Gasteiger partial charge in [-0.05, 0) is 44.5 Å². The maximum absolute atomic E-state index is 13.8. The number of carbonyl (C=O) groups excluding carboxylic acids is 2. The fourth-order valence-electron chi connectivity index (χ4n) is 3.14. The second kappa shape index (κ2) is 9.15. The van der Waals surface area contributed by atoms with E-state index in [1.54, 1.807) is 37.8 Å². The number of rotatable bonds is 5. The molecule has 1 saturated heterocycles. The first-order valence-electron chi connectivity index (χ1n) is 10.0. The first kappa shape index (κ1) is 23.2. The van der Waals surface area contributed by atoms with E-state index in [0.29, 0.717) is 13.2 Å². The van der Waals surface area contributed by atoms with Crippen molar-refractivity contribution in [2.75, 3.05) is 19.7 Å². The predicted molar refractivity (Wildman–Crippen MR) is 113 cm³/mol. The summed E-state index contributed by atoms with van der Waals surface area (Å²) in [5.74, 6) is -0.600. The summed E-state index contributed by atoms with van der Waals surface area (Å²) in [7, 11) is -1.31. The van der Waals surface area contributed by atoms with Crippen LogP contribution in [0.3, 0.4) is 0 Å². The van der Waals surface area contributed by atoms with E-state index in [9.17, 15) is 14.0 Å². The van der Waals surface area contributed by atoms with Crippen molar-refractivity contribution in [1.82, 2.24) is 10.2 Å². The standard InChI is InChI=1S/C21H33FN2O4Si/c1-21(2,3)28-20(26)24-13-17(15-8-7-9-16(22)12-15)18(14-24)23-19(25)27-10-11-29(4,5)6/h7-9,12,17-18H,10-11,13-14H2,1-6H3,(H,23,25)/t17-,18+/m1/s1. The molecule has 1 aromatic rings. The molecule has 6 nitrogen and oxygen atoms in total. The quantitative estimate of drug-likeness (QED) is 0.702. The minimum atomic E-state index is -1.31. The van der Waals surface area contributed by atoms with Crippen LogP contribution in [-0.2, 0) is 9.47 Å². The van der Waals surface area contributed by atoms with Crippen molar-refractivity contribution in [2.45, 2.75) is 64.0 Å². The summed E-state index contributed by atoms with van der Waals surface area (Å²) in [5, 5.41) is 2.86. The highest BCUT2D eigenvalue weighted by molar-refractivity contribution is 6.76. The van der Waals surface area contributed by atoms with Gasteiger partial charge in [0.05, 0.1) is 12.6 Å². The number of hydrogen-bond donors (Lipinski definition) is 1. The van der Waals surface area contributed by atoms with E-state index in [4.69, 9.17) is 9.47 Å². The molecule has 0 bridgehead atoms. The zero-order chi connectivity index (χ0) is 21.8. The minimum Gasteiger partial charge on any atom is -0.450 e. The summed E-state index contributed by atoms with van der Waals surface area (Å²) in [6.07, 6.45) is -0.962. The number of hydrogen-bond acceptors (Lipinski definition) is 4. The molecule has 0 unspecified atom stereocenters. The number of nitrogens with one attached hydrogen (secondary N) is 1. The van der Waals surface area contributed by atoms with E-state index in [-0.39, 0.29) is 24.3 Å². The van der Waals surface area contributed by atoms with E-state index in [0.717, 1.165) is 11.6 Å². The number of nitrogens with zero attached hydrogens (tertiary/aromatic N) is 1. The summed E-state index contributed by atoms with van der Waals surface area (Å²) in [6, 6.07) is 6.74. The third-order valence-electron chi connectivity index (χ3n) is 4.64. The van der Waals surface area contributed by atoms with Gasteiger partial charge in [-0.2, -0.15) is 0 Å². The number of ether oxygens (including phenoxy) is 2. The lowest BCUT2D eigenvalue weighted by Gasteiger charge is -2.24. The number of halogens is 1. The van der Waals surface area contributed by atoms with Gasteiger partial charge < -0.3 is 19.7 Å². The Hall–Kier alpha value is -2.09. The molecule has 0 aliphatic carbocycles. The SMILES string of the molecule is CC(C)(C)OC(=O)N1C[C@H](NC(=O)OCC[Si](C)(C)C)[C@@H](c2cccc(F)c2)C1. The van der Waals surface area contributed by atoms with Crippen molar-refractivity contribution < 1.29 is 23.5 Å². The summed E-state index contributed by atoms with van der Waals surface area (Å²) < 4.78 is 24.6. The first-order chi connectivity index (χ1) is 13.3. The van der Waals surface area contributed by atoms with Gasteiger partial charge in [0.15, 0.2) is 0 Å². The molecule has 29 heavy (non-hydrogen) atoms. The van der Waals surface area contributed by atoms with Crippen molar-refractivity contribution in [3.63, 3.8) is 0 Å². The van der Waals surface area contributed by atoms with Gasteiger partial charge in [-0.1, -0.05) is 31.8 Å². The van der Waals surface area contributed by atoms with Crippen molar-refractivity contribution in [3.8, 4) is 0 Å². The number of carbonyl (C=O) groups is 2. The summed E-state index contributed by atoms with van der Waals surface area (Å²) in [5.41, 5.74) is 0.107. The Morgan fingerprint density at radius 2 is 1.93 bits per heavy atom. The second-order valence-corrected chi connectivity index (χ2v) is 15.4. The molecule has 0 spiro atoms. The predicted octanol–water partition coefficient (Wildman–Crippen LogP) is 4.59. The average Bonchev–Trinajstić information content (AvgIpc) is 2.96. The Balaban J connectivity index is 2.09. The Morgan fingerprint density at radius 3 is 2.52 bits per heavy atom. The fraction of sp³-hybridized carbons (Fsp3) is 0.619. The van der Waals surface area contributed by atoms with Crippen LogP contribution in [0.2, 0.25) is 25.7 Å². The molecule has 162 valence electrons. The first-order valence-corrected chi connectivity index (χ1v) is 13.7. The number of alkyl carbamates (subject to hydrolysis) is 1. The van der Waals surface area contributed by atoms with Crippen LogP contribution in [0.1, 0.15) is 32.3 Å². The van der Waals surface area contributed by atoms with Crippen LogP contribution in [-0.4, -0.2) is 56.5 Å². The molecule has 1 aromatic carbocycles. The van der Waals surface area contributed by atoms with Gasteiger partial charge in [-0.15, -0.1) is 0 Å². The molecular formula is C21H33FN2O4Si. The third-order valence-corrected chi connectivity index (χ3v) is 6.34. The van der Waals surface area contributed by atoms with Crippen molar-refractivity contribution in [3.05, 3.63) is 35.6 Å². The maximum Gasteiger partial charge on any atom is 0.410 e. The van der Waals surface area contributed by atoms with E-state index in [2.05, 4.69) is 25.0 Å². The molecule has 2 atom stereocenters. The minimum absolute atomic E-state index is 0.247. The van der Waals surface area contributed by atoms with Crippen LogP contribution < -0.4 is 5.32 Å². The van der Waals surface area contributed by atoms with Crippen LogP contribution >= 0.6 is 0 Å². The molecule has 2 amide bonds. The van der Waals surface area contributed by atoms with Gasteiger partial charge in [0.25, 0.3) is 0 Å². The number of amides is 2. The molecule has 0 saturated carbocycles. The molecular weight excluding hydrogens is 391 g/mol. The molecule has 1 aliphatic rings. The zero-order valence-electron chi connectivity index (χ0n) is 18.3. The van der Waals surface area contributed by atoms with Crippen LogP contribution in [0.15, 0.2) is 24.3 Å². The molecule has 1 heterocycles. The van der Waals surface area contributed by atoms with Crippen molar-refractivity contribution in [2.24, 2.45) is 0 Å². The Bertz CT molecular complexity index is 730. The molecule has 8 heteroatoms. The fourth-order valence-corrected chi connectivity index (χ4v) is 3.86. The smallest absolute Gasteiger partial charge is 0.410 e. The van der Waals surface area contributed by atoms with Crippen LogP contribution in [0.5, 0.6) is 0 Å². The highest BCUT2D eigenvalue weighted by Crippen LogP contribution is 2.29. The largest absolute Gasteiger partial charge is 0.450 e. The van der Waals surface area contributed by atoms with E-state index in [1.807, 2.05) is 0 Å². The van der Waals surface area contributed by atoms with E-state index < -0.39 is 25.9 Å². The van der Waals surface area contributed by atoms with Crippen molar-refractivity contribution in [1.29, 1.82) is 0 Å². The third kappa shape index (κ3) is 7.68. The second-order valence-electron chi connectivity index (χ2n) is 9.74. The summed E-state index contributed by atoms with van der Waals surface area (Å²) in [4.78, 5) is 26.4. The Kier molecular flexibility index (Phi) is 7.32. The summed E-state index contributed by atoms with van der Waals surface area (Å²) in [6.45, 7) is 13.0. The molecule has 1 fully saturated rings. The maximum atomic E-state index is 13.8. The topological polar surface area (TPSA) is 67.9 Å². The van der Waals surface area contributed by atoms with Crippen LogP contribution in [0, 0.1) is 5.82 Å². The normalized spacial score (nSPS) is 19.8. The van der Waals surface area contributed by atoms with Gasteiger partial charge >= 0.3 is 12.2 Å². The average molecular weight is 425 g/mol. The van der Waals surface area contributed by atoms with Gasteiger partial charge in [-0.25, -0.2) is 14.0 Å². The van der Waals surface area contributed by atoms with Gasteiger partial charge in [0.1, 0.15) is 11.4 Å². The Morgan fingerprint density at radius 1 is 1.24 bits per heavy atom. The highest BCUT2D eigenvalue weighted by atomic mass is 28.3. The lowest BCUT2D eigenvalue weighted by Crippen LogP contribution is -2.42. The van der Waals surface area contributed by atoms with Crippen molar-refractivity contribution >= 4 is 20.3 Å². The van der Waals surface area contributed by atoms with Crippen LogP contribution in [0.25, 0.3) is 0 Å². The van der Waals surface area contributed by atoms with Gasteiger partial charge in [0.2, 0.25) is 0 Å². The molecule has 1 aliphatic heterocycles. The van der Waals surface area contributed by atoms with E-state index >= 15 is 0 Å². The zero-order valence-corrected chi connectivity index (χ0v) is 19.3. The molecule has 2 rings (SSSR count). The lowest BCUT2D eigenvalue weighted by molar-refractivity contribution is 0.0288. The summed E-state index contributed by atoms with van der Waals surface area (Å²) >= 11 is 0. The van der Waals surface area contributed by atoms with Gasteiger partial charge in [-0.3, -0.25) is 0 Å².